The fraction of sp³-hybridized carbons (Fsp3) is 0.462. The van der Waals surface area contributed by atoms with E-state index in [1.54, 1.807) is 6.92 Å². The third-order valence-electron chi connectivity index (χ3n) is 3.30. The van der Waals surface area contributed by atoms with Crippen LogP contribution < -0.4 is 5.32 Å². The van der Waals surface area contributed by atoms with Gasteiger partial charge in [-0.15, -0.1) is 0 Å². The molecule has 0 aliphatic carbocycles. The van der Waals surface area contributed by atoms with Crippen LogP contribution in [-0.2, 0) is 4.79 Å². The number of amides is 1. The molecule has 1 saturated heterocycles. The molecule has 1 heterocycles. The quantitative estimate of drug-likeness (QED) is 0.906. The third-order valence-corrected chi connectivity index (χ3v) is 3.89. The highest BCUT2D eigenvalue weighted by Crippen LogP contribution is 2.33. The molecule has 19 heavy (non-hydrogen) atoms. The highest BCUT2D eigenvalue weighted by Gasteiger charge is 2.22. The number of rotatable bonds is 2. The van der Waals surface area contributed by atoms with Crippen molar-refractivity contribution in [1.29, 1.82) is 0 Å². The number of nitrogens with one attached hydrogen (secondary N) is 1. The second kappa shape index (κ2) is 5.97. The molecule has 0 bridgehead atoms. The molecular formula is C13H15Cl2FN2O. The zero-order chi connectivity index (χ0) is 14.0. The summed E-state index contributed by atoms with van der Waals surface area (Å²) in [5.41, 5.74) is 0.561. The second-order valence-corrected chi connectivity index (χ2v) is 5.48. The van der Waals surface area contributed by atoms with Crippen molar-refractivity contribution in [3.05, 3.63) is 28.0 Å². The van der Waals surface area contributed by atoms with Gasteiger partial charge in [-0.3, -0.25) is 4.79 Å². The topological polar surface area (TPSA) is 32.3 Å². The molecule has 6 heteroatoms. The number of halogens is 3. The smallest absolute Gasteiger partial charge is 0.219 e. The number of hydrogen-bond acceptors (Lipinski definition) is 2. The lowest BCUT2D eigenvalue weighted by Crippen LogP contribution is -2.41. The highest BCUT2D eigenvalue weighted by molar-refractivity contribution is 6.39. The van der Waals surface area contributed by atoms with Crippen LogP contribution in [0.4, 0.5) is 10.1 Å². The van der Waals surface area contributed by atoms with E-state index in [2.05, 4.69) is 5.32 Å². The standard InChI is InChI=1S/C13H15Cl2FN2O/c1-8(19)18-4-2-10(3-5-18)17-13-11(14)6-9(16)7-12(13)15/h6-7,10,17H,2-5H2,1H3. The maximum atomic E-state index is 13.1. The Labute approximate surface area is 121 Å². The van der Waals surface area contributed by atoms with Crippen molar-refractivity contribution in [2.45, 2.75) is 25.8 Å². The Morgan fingerprint density at radius 3 is 2.32 bits per heavy atom. The molecular weight excluding hydrogens is 290 g/mol. The number of carbonyl (C=O) groups excluding carboxylic acids is 1. The zero-order valence-corrected chi connectivity index (χ0v) is 12.1. The van der Waals surface area contributed by atoms with E-state index in [0.717, 1.165) is 12.8 Å². The molecule has 1 amide bonds. The van der Waals surface area contributed by atoms with Gasteiger partial charge in [-0.05, 0) is 25.0 Å². The Balaban J connectivity index is 2.02. The molecule has 0 atom stereocenters. The van der Waals surface area contributed by atoms with Gasteiger partial charge in [-0.2, -0.15) is 0 Å². The van der Waals surface area contributed by atoms with E-state index >= 15 is 0 Å². The molecule has 1 aliphatic rings. The van der Waals surface area contributed by atoms with Crippen LogP contribution in [0.2, 0.25) is 10.0 Å². The first-order valence-corrected chi connectivity index (χ1v) is 6.89. The molecule has 1 N–H and O–H groups in total. The number of piperidine rings is 1. The number of likely N-dealkylation sites (tertiary alicyclic amines) is 1. The SMILES string of the molecule is CC(=O)N1CCC(Nc2c(Cl)cc(F)cc2Cl)CC1. The van der Waals surface area contributed by atoms with E-state index in [-0.39, 0.29) is 22.0 Å². The van der Waals surface area contributed by atoms with Gasteiger partial charge in [0.1, 0.15) is 5.82 Å². The van der Waals surface area contributed by atoms with Gasteiger partial charge in [0, 0.05) is 26.1 Å². The average molecular weight is 305 g/mol. The van der Waals surface area contributed by atoms with Crippen molar-refractivity contribution in [3.63, 3.8) is 0 Å². The summed E-state index contributed by atoms with van der Waals surface area (Å²) < 4.78 is 13.1. The molecule has 0 radical (unpaired) electrons. The van der Waals surface area contributed by atoms with E-state index in [9.17, 15) is 9.18 Å². The Bertz CT molecular complexity index is 465. The zero-order valence-electron chi connectivity index (χ0n) is 10.5. The van der Waals surface area contributed by atoms with Gasteiger partial charge in [0.25, 0.3) is 0 Å². The van der Waals surface area contributed by atoms with Gasteiger partial charge >= 0.3 is 0 Å². The molecule has 1 aromatic rings. The van der Waals surface area contributed by atoms with Crippen molar-refractivity contribution >= 4 is 34.8 Å². The summed E-state index contributed by atoms with van der Waals surface area (Å²) >= 11 is 12.0. The fourth-order valence-corrected chi connectivity index (χ4v) is 2.79. The van der Waals surface area contributed by atoms with Crippen molar-refractivity contribution in [2.24, 2.45) is 0 Å². The minimum Gasteiger partial charge on any atom is -0.380 e. The maximum Gasteiger partial charge on any atom is 0.219 e. The Kier molecular flexibility index (Phi) is 4.53. The predicted octanol–water partition coefficient (Wildman–Crippen LogP) is 3.56. The van der Waals surface area contributed by atoms with Crippen molar-refractivity contribution in [3.8, 4) is 0 Å². The minimum atomic E-state index is -0.452. The van der Waals surface area contributed by atoms with E-state index in [1.807, 2.05) is 4.90 Å². The molecule has 0 aromatic heterocycles. The fourth-order valence-electron chi connectivity index (χ4n) is 2.22. The van der Waals surface area contributed by atoms with Crippen LogP contribution in [0.15, 0.2) is 12.1 Å². The molecule has 1 fully saturated rings. The molecule has 1 aromatic carbocycles. The van der Waals surface area contributed by atoms with Gasteiger partial charge in [-0.25, -0.2) is 4.39 Å². The average Bonchev–Trinajstić information content (AvgIpc) is 2.34. The van der Waals surface area contributed by atoms with Gasteiger partial charge in [0.15, 0.2) is 0 Å². The first kappa shape index (κ1) is 14.4. The maximum absolute atomic E-state index is 13.1. The first-order chi connectivity index (χ1) is 8.97. The highest BCUT2D eigenvalue weighted by atomic mass is 35.5. The molecule has 1 aliphatic heterocycles. The van der Waals surface area contributed by atoms with Crippen LogP contribution in [0, 0.1) is 5.82 Å². The molecule has 3 nitrogen and oxygen atoms in total. The van der Waals surface area contributed by atoms with Crippen LogP contribution >= 0.6 is 23.2 Å². The molecule has 2 rings (SSSR count). The van der Waals surface area contributed by atoms with Gasteiger partial charge in [0.2, 0.25) is 5.91 Å². The van der Waals surface area contributed by atoms with Crippen molar-refractivity contribution in [1.82, 2.24) is 4.90 Å². The Hall–Kier alpha value is -1.00. The Morgan fingerprint density at radius 1 is 1.32 bits per heavy atom. The van der Waals surface area contributed by atoms with Crippen molar-refractivity contribution < 1.29 is 9.18 Å². The third kappa shape index (κ3) is 3.51. The monoisotopic (exact) mass is 304 g/mol. The normalized spacial score (nSPS) is 16.5. The largest absolute Gasteiger partial charge is 0.380 e. The van der Waals surface area contributed by atoms with E-state index in [1.165, 1.54) is 12.1 Å². The predicted molar refractivity (Wildman–Crippen MR) is 75.3 cm³/mol. The molecule has 0 saturated carbocycles. The molecule has 104 valence electrons. The van der Waals surface area contributed by atoms with Crippen LogP contribution in [0.1, 0.15) is 19.8 Å². The summed E-state index contributed by atoms with van der Waals surface area (Å²) in [4.78, 5) is 13.0. The number of carbonyl (C=O) groups is 1. The number of benzene rings is 1. The van der Waals surface area contributed by atoms with Gasteiger partial charge in [0.05, 0.1) is 15.7 Å². The minimum absolute atomic E-state index is 0.0938. The van der Waals surface area contributed by atoms with E-state index < -0.39 is 5.82 Å². The summed E-state index contributed by atoms with van der Waals surface area (Å²) in [7, 11) is 0. The first-order valence-electron chi connectivity index (χ1n) is 6.14. The lowest BCUT2D eigenvalue weighted by molar-refractivity contribution is -0.129. The van der Waals surface area contributed by atoms with Crippen LogP contribution in [0.5, 0.6) is 0 Å². The summed E-state index contributed by atoms with van der Waals surface area (Å²) in [5.74, 6) is -0.358. The number of nitrogens with zero attached hydrogens (tertiary/aromatic N) is 1. The van der Waals surface area contributed by atoms with Gasteiger partial charge < -0.3 is 10.2 Å². The molecule has 0 unspecified atom stereocenters. The summed E-state index contributed by atoms with van der Waals surface area (Å²) in [5, 5.41) is 3.79. The van der Waals surface area contributed by atoms with E-state index in [4.69, 9.17) is 23.2 Å². The lowest BCUT2D eigenvalue weighted by atomic mass is 10.0. The lowest BCUT2D eigenvalue weighted by Gasteiger charge is -2.32. The Morgan fingerprint density at radius 2 is 1.84 bits per heavy atom. The summed E-state index contributed by atoms with van der Waals surface area (Å²) in [6.07, 6.45) is 1.65. The number of hydrogen-bond donors (Lipinski definition) is 1. The molecule has 0 spiro atoms. The van der Waals surface area contributed by atoms with Crippen LogP contribution in [-0.4, -0.2) is 29.9 Å². The van der Waals surface area contributed by atoms with E-state index in [0.29, 0.717) is 18.8 Å². The second-order valence-electron chi connectivity index (χ2n) is 4.67. The number of anilines is 1. The summed E-state index contributed by atoms with van der Waals surface area (Å²) in [6, 6.07) is 2.66. The van der Waals surface area contributed by atoms with Crippen LogP contribution in [0.3, 0.4) is 0 Å². The van der Waals surface area contributed by atoms with Crippen molar-refractivity contribution in [2.75, 3.05) is 18.4 Å². The van der Waals surface area contributed by atoms with Crippen LogP contribution in [0.25, 0.3) is 0 Å². The summed E-state index contributed by atoms with van der Waals surface area (Å²) in [6.45, 7) is 2.99. The van der Waals surface area contributed by atoms with Gasteiger partial charge in [-0.1, -0.05) is 23.2 Å².